The molecule has 0 aliphatic heterocycles. The first-order valence-corrected chi connectivity index (χ1v) is 8.34. The van der Waals surface area contributed by atoms with Crippen molar-refractivity contribution in [2.45, 2.75) is 45.6 Å². The molecule has 1 aromatic heterocycles. The van der Waals surface area contributed by atoms with Gasteiger partial charge in [0.1, 0.15) is 11.6 Å². The number of hydrogen-bond donors (Lipinski definition) is 0. The summed E-state index contributed by atoms with van der Waals surface area (Å²) in [6.45, 7) is 4.64. The number of nitrogens with zero attached hydrogens (tertiary/aromatic N) is 2. The van der Waals surface area contributed by atoms with E-state index in [2.05, 4.69) is 23.4 Å². The van der Waals surface area contributed by atoms with Crippen LogP contribution in [0.2, 0.25) is 0 Å². The van der Waals surface area contributed by atoms with Crippen molar-refractivity contribution in [2.75, 3.05) is 5.88 Å². The monoisotopic (exact) mass is 308 g/mol. The molecule has 0 saturated heterocycles. The number of hydrogen-bond acceptors (Lipinski definition) is 1. The van der Waals surface area contributed by atoms with Crippen molar-refractivity contribution in [1.29, 1.82) is 0 Å². The van der Waals surface area contributed by atoms with Crippen LogP contribution < -0.4 is 0 Å². The van der Waals surface area contributed by atoms with Gasteiger partial charge in [-0.15, -0.1) is 11.6 Å². The topological polar surface area (TPSA) is 17.8 Å². The van der Waals surface area contributed by atoms with Gasteiger partial charge in [-0.3, -0.25) is 0 Å². The first kappa shape index (κ1) is 14.8. The fourth-order valence-corrected chi connectivity index (χ4v) is 4.07. The molecule has 2 nitrogen and oxygen atoms in total. The van der Waals surface area contributed by atoms with E-state index < -0.39 is 0 Å². The van der Waals surface area contributed by atoms with Crippen LogP contribution in [0.5, 0.6) is 0 Å². The summed E-state index contributed by atoms with van der Waals surface area (Å²) in [4.78, 5) is 4.63. The van der Waals surface area contributed by atoms with Crippen LogP contribution in [0.15, 0.2) is 18.2 Å². The Morgan fingerprint density at radius 3 is 2.62 bits per heavy atom. The van der Waals surface area contributed by atoms with Crippen LogP contribution in [0.25, 0.3) is 11.0 Å². The molecule has 4 heteroatoms. The Kier molecular flexibility index (Phi) is 4.21. The van der Waals surface area contributed by atoms with Gasteiger partial charge in [-0.25, -0.2) is 9.37 Å². The largest absolute Gasteiger partial charge is 0.325 e. The maximum Gasteiger partial charge on any atom is 0.125 e. The van der Waals surface area contributed by atoms with E-state index in [9.17, 15) is 4.39 Å². The molecular weight excluding hydrogens is 287 g/mol. The van der Waals surface area contributed by atoms with Crippen molar-refractivity contribution in [2.24, 2.45) is 11.8 Å². The molecule has 1 saturated carbocycles. The van der Waals surface area contributed by atoms with E-state index in [4.69, 9.17) is 11.6 Å². The van der Waals surface area contributed by atoms with Gasteiger partial charge in [-0.2, -0.15) is 0 Å². The van der Waals surface area contributed by atoms with Gasteiger partial charge in [0.15, 0.2) is 0 Å². The summed E-state index contributed by atoms with van der Waals surface area (Å²) in [5.74, 6) is 2.76. The summed E-state index contributed by atoms with van der Waals surface area (Å²) in [5.41, 5.74) is 1.80. The van der Waals surface area contributed by atoms with Crippen molar-refractivity contribution in [3.05, 3.63) is 29.8 Å². The lowest BCUT2D eigenvalue weighted by Gasteiger charge is -2.33. The second kappa shape index (κ2) is 5.96. The summed E-state index contributed by atoms with van der Waals surface area (Å²) in [7, 11) is 0. The Balaban J connectivity index is 2.08. The standard InChI is InChI=1S/C17H22ClFN2/c1-11-7-12(2)9-14(8-11)21-16-4-3-13(19)10-15(16)20-17(21)5-6-18/h3-4,10-12,14H,5-9H2,1-2H3. The molecule has 21 heavy (non-hydrogen) atoms. The number of imidazole rings is 1. The number of aryl methyl sites for hydroxylation is 1. The fourth-order valence-electron chi connectivity index (χ4n) is 3.91. The molecule has 2 unspecified atom stereocenters. The summed E-state index contributed by atoms with van der Waals surface area (Å²) < 4.78 is 15.8. The van der Waals surface area contributed by atoms with E-state index in [1.165, 1.54) is 31.4 Å². The SMILES string of the molecule is CC1CC(C)CC(n2c(CCCl)nc3cc(F)ccc32)C1. The fraction of sp³-hybridized carbons (Fsp3) is 0.588. The van der Waals surface area contributed by atoms with Gasteiger partial charge in [0, 0.05) is 24.4 Å². The smallest absolute Gasteiger partial charge is 0.125 e. The molecule has 114 valence electrons. The molecule has 1 aliphatic rings. The van der Waals surface area contributed by atoms with Crippen molar-refractivity contribution in [3.63, 3.8) is 0 Å². The molecule has 1 heterocycles. The number of fused-ring (bicyclic) bond motifs is 1. The van der Waals surface area contributed by atoms with Crippen LogP contribution in [0.4, 0.5) is 4.39 Å². The van der Waals surface area contributed by atoms with E-state index in [0.717, 1.165) is 35.1 Å². The third kappa shape index (κ3) is 2.94. The van der Waals surface area contributed by atoms with Gasteiger partial charge >= 0.3 is 0 Å². The summed E-state index contributed by atoms with van der Waals surface area (Å²) >= 11 is 5.94. The zero-order valence-electron chi connectivity index (χ0n) is 12.6. The molecule has 1 aliphatic carbocycles. The Bertz CT molecular complexity index is 627. The average molecular weight is 309 g/mol. The Hall–Kier alpha value is -1.09. The highest BCUT2D eigenvalue weighted by Crippen LogP contribution is 2.38. The van der Waals surface area contributed by atoms with Gasteiger partial charge < -0.3 is 4.57 Å². The Morgan fingerprint density at radius 1 is 1.24 bits per heavy atom. The number of benzene rings is 1. The van der Waals surface area contributed by atoms with Gasteiger partial charge in [-0.1, -0.05) is 13.8 Å². The molecule has 1 aromatic carbocycles. The van der Waals surface area contributed by atoms with Gasteiger partial charge in [0.2, 0.25) is 0 Å². The number of alkyl halides is 1. The third-order valence-electron chi connectivity index (χ3n) is 4.56. The highest BCUT2D eigenvalue weighted by Gasteiger charge is 2.28. The highest BCUT2D eigenvalue weighted by molar-refractivity contribution is 6.17. The lowest BCUT2D eigenvalue weighted by molar-refractivity contribution is 0.222. The molecular formula is C17H22ClFN2. The van der Waals surface area contributed by atoms with Crippen LogP contribution in [-0.2, 0) is 6.42 Å². The molecule has 0 N–H and O–H groups in total. The van der Waals surface area contributed by atoms with Gasteiger partial charge in [-0.05, 0) is 43.2 Å². The lowest BCUT2D eigenvalue weighted by atomic mass is 9.80. The Morgan fingerprint density at radius 2 is 1.95 bits per heavy atom. The normalized spacial score (nSPS) is 26.4. The molecule has 2 aromatic rings. The minimum Gasteiger partial charge on any atom is -0.325 e. The van der Waals surface area contributed by atoms with E-state index in [1.807, 2.05) is 6.07 Å². The minimum absolute atomic E-state index is 0.227. The summed E-state index contributed by atoms with van der Waals surface area (Å²) in [5, 5.41) is 0. The molecule has 0 bridgehead atoms. The van der Waals surface area contributed by atoms with Crippen LogP contribution >= 0.6 is 11.6 Å². The van der Waals surface area contributed by atoms with E-state index in [-0.39, 0.29) is 5.82 Å². The predicted molar refractivity (Wildman–Crippen MR) is 85.3 cm³/mol. The number of aromatic nitrogens is 2. The average Bonchev–Trinajstić information content (AvgIpc) is 2.75. The number of halogens is 2. The molecule has 3 rings (SSSR count). The third-order valence-corrected chi connectivity index (χ3v) is 4.75. The van der Waals surface area contributed by atoms with E-state index in [0.29, 0.717) is 11.9 Å². The van der Waals surface area contributed by atoms with Crippen molar-refractivity contribution in [3.8, 4) is 0 Å². The van der Waals surface area contributed by atoms with Gasteiger partial charge in [0.05, 0.1) is 11.0 Å². The predicted octanol–water partition coefficient (Wildman–Crippen LogP) is 4.95. The number of rotatable bonds is 3. The molecule has 0 spiro atoms. The minimum atomic E-state index is -0.227. The summed E-state index contributed by atoms with van der Waals surface area (Å²) in [6, 6.07) is 5.37. The second-order valence-electron chi connectivity index (χ2n) is 6.54. The maximum absolute atomic E-state index is 13.5. The van der Waals surface area contributed by atoms with Crippen LogP contribution in [0, 0.1) is 17.7 Å². The van der Waals surface area contributed by atoms with E-state index in [1.54, 1.807) is 0 Å². The molecule has 0 amide bonds. The van der Waals surface area contributed by atoms with Crippen LogP contribution in [0.1, 0.15) is 45.0 Å². The van der Waals surface area contributed by atoms with Crippen LogP contribution in [0.3, 0.4) is 0 Å². The van der Waals surface area contributed by atoms with E-state index >= 15 is 0 Å². The van der Waals surface area contributed by atoms with Crippen LogP contribution in [-0.4, -0.2) is 15.4 Å². The first-order chi connectivity index (χ1) is 10.1. The Labute approximate surface area is 130 Å². The maximum atomic E-state index is 13.5. The van der Waals surface area contributed by atoms with Gasteiger partial charge in [0.25, 0.3) is 0 Å². The summed E-state index contributed by atoms with van der Waals surface area (Å²) in [6.07, 6.45) is 4.37. The molecule has 1 fully saturated rings. The first-order valence-electron chi connectivity index (χ1n) is 7.80. The highest BCUT2D eigenvalue weighted by atomic mass is 35.5. The quantitative estimate of drug-likeness (QED) is 0.733. The van der Waals surface area contributed by atoms with Crippen molar-refractivity contribution < 1.29 is 4.39 Å². The van der Waals surface area contributed by atoms with Crippen molar-refractivity contribution >= 4 is 22.6 Å². The zero-order valence-corrected chi connectivity index (χ0v) is 13.4. The zero-order chi connectivity index (χ0) is 15.0. The molecule has 0 radical (unpaired) electrons. The molecule has 2 atom stereocenters. The second-order valence-corrected chi connectivity index (χ2v) is 6.92. The van der Waals surface area contributed by atoms with Crippen molar-refractivity contribution in [1.82, 2.24) is 9.55 Å². The lowest BCUT2D eigenvalue weighted by Crippen LogP contribution is -2.24.